The zero-order chi connectivity index (χ0) is 28.6. The minimum absolute atomic E-state index is 0.0422. The summed E-state index contributed by atoms with van der Waals surface area (Å²) in [5.74, 6) is 0.237. The van der Waals surface area contributed by atoms with Crippen molar-refractivity contribution < 1.29 is 24.2 Å². The molecular formula is C29H26N6O5S. The Bertz CT molecular complexity index is 1660. The van der Waals surface area contributed by atoms with Gasteiger partial charge in [0.2, 0.25) is 5.95 Å². The number of rotatable bonds is 11. The van der Waals surface area contributed by atoms with Crippen LogP contribution in [0.25, 0.3) is 10.8 Å². The Morgan fingerprint density at radius 2 is 1.73 bits per heavy atom. The Kier molecular flexibility index (Phi) is 8.62. The zero-order valence-corrected chi connectivity index (χ0v) is 22.7. The number of carbonyl (C=O) groups is 2. The third-order valence-electron chi connectivity index (χ3n) is 5.92. The molecule has 5 aromatic rings. The molecule has 2 amide bonds. The molecular weight excluding hydrogens is 544 g/mol. The van der Waals surface area contributed by atoms with Crippen molar-refractivity contribution in [3.05, 3.63) is 94.9 Å². The van der Waals surface area contributed by atoms with Gasteiger partial charge in [0.25, 0.3) is 0 Å². The molecule has 0 saturated carbocycles. The lowest BCUT2D eigenvalue weighted by molar-refractivity contribution is -0.136. The highest BCUT2D eigenvalue weighted by atomic mass is 32.1. The molecule has 0 radical (unpaired) electrons. The molecule has 0 spiro atoms. The Morgan fingerprint density at radius 3 is 2.51 bits per heavy atom. The number of amides is 2. The van der Waals surface area contributed by atoms with Crippen LogP contribution in [0.15, 0.2) is 84.2 Å². The van der Waals surface area contributed by atoms with E-state index in [1.165, 1.54) is 18.4 Å². The number of carboxylic acid groups (broad SMARTS) is 1. The number of carboxylic acids is 1. The van der Waals surface area contributed by atoms with Gasteiger partial charge in [-0.25, -0.2) is 4.79 Å². The van der Waals surface area contributed by atoms with Crippen molar-refractivity contribution in [2.75, 3.05) is 24.3 Å². The molecule has 0 aliphatic carbocycles. The molecule has 0 aliphatic rings. The molecule has 3 aromatic carbocycles. The van der Waals surface area contributed by atoms with Crippen LogP contribution in [0.3, 0.4) is 0 Å². The van der Waals surface area contributed by atoms with E-state index < -0.39 is 18.0 Å². The summed E-state index contributed by atoms with van der Waals surface area (Å²) >= 11 is 1.46. The Labute approximate surface area is 239 Å². The van der Waals surface area contributed by atoms with Crippen LogP contribution in [0.4, 0.5) is 16.4 Å². The summed E-state index contributed by atoms with van der Waals surface area (Å²) in [6, 6.07) is 23.0. The van der Waals surface area contributed by atoms with Crippen LogP contribution in [0, 0.1) is 0 Å². The molecule has 11 nitrogen and oxygen atoms in total. The predicted molar refractivity (Wildman–Crippen MR) is 156 cm³/mol. The number of hydrogen-bond acceptors (Lipinski definition) is 9. The summed E-state index contributed by atoms with van der Waals surface area (Å²) < 4.78 is 11.3. The summed E-state index contributed by atoms with van der Waals surface area (Å²) in [6.07, 6.45) is -0.0974. The molecule has 0 bridgehead atoms. The lowest BCUT2D eigenvalue weighted by Gasteiger charge is -2.17. The van der Waals surface area contributed by atoms with Gasteiger partial charge < -0.3 is 25.2 Å². The van der Waals surface area contributed by atoms with Gasteiger partial charge in [0, 0.05) is 11.4 Å². The third-order valence-corrected chi connectivity index (χ3v) is 6.85. The fraction of sp³-hybridized carbons (Fsp3) is 0.138. The normalized spacial score (nSPS) is 11.5. The van der Waals surface area contributed by atoms with Gasteiger partial charge in [0.15, 0.2) is 5.82 Å². The summed E-state index contributed by atoms with van der Waals surface area (Å²) in [5.41, 5.74) is 0.459. The SMILES string of the molecule is COc1ccccc1NC(=O)Nc1nc(Oc2ccc3ccccc3c2)nc(C(NCCC(=O)O)c2cccs2)n1. The van der Waals surface area contributed by atoms with Crippen molar-refractivity contribution in [1.82, 2.24) is 20.3 Å². The first-order valence-electron chi connectivity index (χ1n) is 12.6. The van der Waals surface area contributed by atoms with E-state index in [0.29, 0.717) is 17.2 Å². The van der Waals surface area contributed by atoms with Crippen molar-refractivity contribution in [3.63, 3.8) is 0 Å². The number of nitrogens with one attached hydrogen (secondary N) is 3. The van der Waals surface area contributed by atoms with Crippen molar-refractivity contribution in [3.8, 4) is 17.5 Å². The van der Waals surface area contributed by atoms with Crippen LogP contribution < -0.4 is 25.4 Å². The smallest absolute Gasteiger partial charge is 0.327 e. The number of hydrogen-bond donors (Lipinski definition) is 4. The maximum atomic E-state index is 12.9. The third kappa shape index (κ3) is 7.12. The highest BCUT2D eigenvalue weighted by Gasteiger charge is 2.22. The van der Waals surface area contributed by atoms with Gasteiger partial charge in [0.1, 0.15) is 17.5 Å². The summed E-state index contributed by atoms with van der Waals surface area (Å²) in [5, 5.41) is 21.6. The van der Waals surface area contributed by atoms with Crippen molar-refractivity contribution >= 4 is 45.7 Å². The maximum Gasteiger partial charge on any atom is 0.327 e. The van der Waals surface area contributed by atoms with E-state index in [0.717, 1.165) is 15.6 Å². The van der Waals surface area contributed by atoms with Crippen molar-refractivity contribution in [1.29, 1.82) is 0 Å². The molecule has 0 saturated heterocycles. The standard InChI is InChI=1S/C29H26N6O5S/c1-39-22-10-5-4-9-21(22)31-28(38)34-27-32-26(25(23-11-6-16-41-23)30-15-14-24(36)37)33-29(35-27)40-20-13-12-18-7-2-3-8-19(18)17-20/h2-13,16-17,25,30H,14-15H2,1H3,(H,36,37)(H2,31,32,33,34,35,38). The van der Waals surface area contributed by atoms with Gasteiger partial charge >= 0.3 is 18.0 Å². The molecule has 1 atom stereocenters. The van der Waals surface area contributed by atoms with Gasteiger partial charge in [-0.3, -0.25) is 10.1 Å². The number of aromatic nitrogens is 3. The lowest BCUT2D eigenvalue weighted by Crippen LogP contribution is -2.27. The number of carbonyl (C=O) groups excluding carboxylic acids is 1. The minimum Gasteiger partial charge on any atom is -0.495 e. The molecule has 0 fully saturated rings. The monoisotopic (exact) mass is 570 g/mol. The zero-order valence-electron chi connectivity index (χ0n) is 21.9. The van der Waals surface area contributed by atoms with Gasteiger partial charge in [-0.2, -0.15) is 15.0 Å². The second-order valence-corrected chi connectivity index (χ2v) is 9.72. The number of para-hydroxylation sites is 2. The molecule has 41 heavy (non-hydrogen) atoms. The van der Waals surface area contributed by atoms with E-state index in [9.17, 15) is 9.59 Å². The Morgan fingerprint density at radius 1 is 0.927 bits per heavy atom. The lowest BCUT2D eigenvalue weighted by atomic mass is 10.1. The second-order valence-electron chi connectivity index (χ2n) is 8.74. The highest BCUT2D eigenvalue weighted by molar-refractivity contribution is 7.10. The van der Waals surface area contributed by atoms with Crippen LogP contribution in [0.5, 0.6) is 17.5 Å². The number of methoxy groups -OCH3 is 1. The van der Waals surface area contributed by atoms with Crippen molar-refractivity contribution in [2.24, 2.45) is 0 Å². The van der Waals surface area contributed by atoms with E-state index >= 15 is 0 Å². The van der Waals surface area contributed by atoms with Crippen LogP contribution in [-0.2, 0) is 4.79 Å². The van der Waals surface area contributed by atoms with Gasteiger partial charge in [-0.15, -0.1) is 11.3 Å². The first kappa shape index (κ1) is 27.5. The molecule has 0 aliphatic heterocycles. The Balaban J connectivity index is 1.47. The van der Waals surface area contributed by atoms with Crippen LogP contribution in [0.1, 0.15) is 23.2 Å². The Hall–Kier alpha value is -5.07. The fourth-order valence-electron chi connectivity index (χ4n) is 4.04. The largest absolute Gasteiger partial charge is 0.495 e. The van der Waals surface area contributed by atoms with E-state index in [-0.39, 0.29) is 30.7 Å². The van der Waals surface area contributed by atoms with E-state index in [4.69, 9.17) is 14.6 Å². The summed E-state index contributed by atoms with van der Waals surface area (Å²) in [6.45, 7) is 0.168. The first-order valence-corrected chi connectivity index (χ1v) is 13.5. The highest BCUT2D eigenvalue weighted by Crippen LogP contribution is 2.29. The first-order chi connectivity index (χ1) is 20.0. The second kappa shape index (κ2) is 12.9. The number of urea groups is 1. The molecule has 4 N–H and O–H groups in total. The number of thiophene rings is 1. The number of ether oxygens (including phenoxy) is 2. The number of fused-ring (bicyclic) bond motifs is 1. The average molecular weight is 571 g/mol. The number of aliphatic carboxylic acids is 1. The molecule has 2 heterocycles. The molecule has 208 valence electrons. The summed E-state index contributed by atoms with van der Waals surface area (Å²) in [4.78, 5) is 38.3. The van der Waals surface area contributed by atoms with Crippen LogP contribution in [0.2, 0.25) is 0 Å². The molecule has 12 heteroatoms. The molecule has 5 rings (SSSR count). The maximum absolute atomic E-state index is 12.9. The van der Waals surface area contributed by atoms with E-state index in [1.54, 1.807) is 30.3 Å². The van der Waals surface area contributed by atoms with E-state index in [1.807, 2.05) is 53.9 Å². The number of nitrogens with zero attached hydrogens (tertiary/aromatic N) is 3. The fourth-order valence-corrected chi connectivity index (χ4v) is 4.84. The van der Waals surface area contributed by atoms with E-state index in [2.05, 4.69) is 30.9 Å². The van der Waals surface area contributed by atoms with Crippen LogP contribution in [-0.4, -0.2) is 45.7 Å². The van der Waals surface area contributed by atoms with Gasteiger partial charge in [-0.1, -0.05) is 48.5 Å². The quantitative estimate of drug-likeness (QED) is 0.157. The summed E-state index contributed by atoms with van der Waals surface area (Å²) in [7, 11) is 1.51. The van der Waals surface area contributed by atoms with Gasteiger partial charge in [-0.05, 0) is 46.5 Å². The average Bonchev–Trinajstić information content (AvgIpc) is 3.50. The topological polar surface area (TPSA) is 148 Å². The van der Waals surface area contributed by atoms with Crippen LogP contribution >= 0.6 is 11.3 Å². The number of benzene rings is 3. The van der Waals surface area contributed by atoms with Gasteiger partial charge in [0.05, 0.1) is 19.2 Å². The molecule has 1 unspecified atom stereocenters. The minimum atomic E-state index is -0.936. The van der Waals surface area contributed by atoms with Crippen molar-refractivity contribution in [2.45, 2.75) is 12.5 Å². The predicted octanol–water partition coefficient (Wildman–Crippen LogP) is 5.68. The number of anilines is 2. The molecule has 2 aromatic heterocycles.